The lowest BCUT2D eigenvalue weighted by Crippen LogP contribution is -2.59. The fraction of sp³-hybridized carbons (Fsp3) is 0.651. The molecule has 30 heteroatoms. The lowest BCUT2D eigenvalue weighted by Gasteiger charge is -2.34. The number of H-pyrrole nitrogens is 1. The SMILES string of the molecule is NCC(=O)N[C@@H](Cc1cnc[nH]1)C(=O)N1CCC[C@H]1C(=O)N[C@@H](CCCN=C(N)N)C(=O)N1CCC[C@H]1C(=O)N1CCC[C@H]1C(=O)N[C@@H](CCCN=C(N)N)C(=O)NCC(=O)N[C@@H](CCCN=C(N)N)C(=O)O. The Morgan fingerprint density at radius 2 is 1.10 bits per heavy atom. The smallest absolute Gasteiger partial charge is 0.326 e. The molecule has 0 saturated carbocycles. The molecule has 1 aromatic heterocycles. The Morgan fingerprint density at radius 3 is 1.62 bits per heavy atom. The molecule has 73 heavy (non-hydrogen) atoms. The third-order valence-corrected chi connectivity index (χ3v) is 12.4. The van der Waals surface area contributed by atoms with Gasteiger partial charge in [0.1, 0.15) is 42.3 Å². The number of carbonyl (C=O) groups excluding carboxylic acids is 8. The number of carbonyl (C=O) groups is 9. The predicted molar refractivity (Wildman–Crippen MR) is 264 cm³/mol. The van der Waals surface area contributed by atoms with E-state index in [0.717, 1.165) is 0 Å². The summed E-state index contributed by atoms with van der Waals surface area (Å²) in [6.45, 7) is -0.150. The summed E-state index contributed by atoms with van der Waals surface area (Å²) < 4.78 is 0. The Kier molecular flexibility index (Phi) is 22.9. The number of hydrogen-bond donors (Lipinski definition) is 14. The van der Waals surface area contributed by atoms with E-state index in [1.165, 1.54) is 27.2 Å². The van der Waals surface area contributed by atoms with Crippen LogP contribution in [0.15, 0.2) is 27.5 Å². The van der Waals surface area contributed by atoms with Gasteiger partial charge in [-0.1, -0.05) is 0 Å². The summed E-state index contributed by atoms with van der Waals surface area (Å²) in [6, 6.07) is -7.88. The number of amides is 8. The van der Waals surface area contributed by atoms with Crippen molar-refractivity contribution < 1.29 is 48.3 Å². The summed E-state index contributed by atoms with van der Waals surface area (Å²) in [5.74, 6) is -6.92. The van der Waals surface area contributed by atoms with Crippen molar-refractivity contribution in [1.82, 2.24) is 51.3 Å². The lowest BCUT2D eigenvalue weighted by atomic mass is 10.1. The van der Waals surface area contributed by atoms with Gasteiger partial charge in [0.15, 0.2) is 17.9 Å². The monoisotopic (exact) mass is 1030 g/mol. The molecule has 4 heterocycles. The highest BCUT2D eigenvalue weighted by atomic mass is 16.4. The van der Waals surface area contributed by atoms with E-state index in [1.807, 2.05) is 0 Å². The van der Waals surface area contributed by atoms with Crippen LogP contribution < -0.4 is 66.7 Å². The van der Waals surface area contributed by atoms with Crippen molar-refractivity contribution in [3.05, 3.63) is 18.2 Å². The van der Waals surface area contributed by atoms with Gasteiger partial charge in [-0.3, -0.25) is 53.3 Å². The minimum atomic E-state index is -1.31. The molecule has 0 aliphatic carbocycles. The third-order valence-electron chi connectivity index (χ3n) is 12.4. The van der Waals surface area contributed by atoms with Gasteiger partial charge < -0.3 is 91.5 Å². The van der Waals surface area contributed by atoms with E-state index in [4.69, 9.17) is 40.1 Å². The maximum Gasteiger partial charge on any atom is 0.326 e. The molecule has 404 valence electrons. The van der Waals surface area contributed by atoms with Crippen LogP contribution in [0.1, 0.15) is 82.7 Å². The van der Waals surface area contributed by atoms with Gasteiger partial charge >= 0.3 is 5.97 Å². The largest absolute Gasteiger partial charge is 0.480 e. The highest BCUT2D eigenvalue weighted by Gasteiger charge is 2.45. The summed E-state index contributed by atoms with van der Waals surface area (Å²) in [7, 11) is 0. The fourth-order valence-corrected chi connectivity index (χ4v) is 8.92. The zero-order valence-corrected chi connectivity index (χ0v) is 40.8. The van der Waals surface area contributed by atoms with E-state index in [0.29, 0.717) is 25.0 Å². The second-order valence-corrected chi connectivity index (χ2v) is 17.8. The topological polar surface area (TPSA) is 492 Å². The molecule has 0 unspecified atom stereocenters. The summed E-state index contributed by atoms with van der Waals surface area (Å²) in [5.41, 5.74) is 38.7. The van der Waals surface area contributed by atoms with Gasteiger partial charge in [-0.2, -0.15) is 0 Å². The van der Waals surface area contributed by atoms with Crippen LogP contribution in [0, 0.1) is 0 Å². The van der Waals surface area contributed by atoms with Crippen molar-refractivity contribution >= 4 is 71.1 Å². The number of carboxylic acid groups (broad SMARTS) is 1. The zero-order chi connectivity index (χ0) is 53.6. The second-order valence-electron chi connectivity index (χ2n) is 17.8. The van der Waals surface area contributed by atoms with E-state index in [-0.39, 0.29) is 128 Å². The van der Waals surface area contributed by atoms with Gasteiger partial charge in [-0.25, -0.2) is 9.78 Å². The number of aliphatic carboxylic acids is 1. The number of guanidine groups is 3. The molecule has 3 fully saturated rings. The summed E-state index contributed by atoms with van der Waals surface area (Å²) >= 11 is 0. The number of nitrogens with two attached hydrogens (primary N) is 7. The normalized spacial score (nSPS) is 18.8. The average molecular weight is 1030 g/mol. The van der Waals surface area contributed by atoms with Gasteiger partial charge in [-0.15, -0.1) is 0 Å². The van der Waals surface area contributed by atoms with E-state index < -0.39 is 102 Å². The first-order valence-corrected chi connectivity index (χ1v) is 24.3. The summed E-state index contributed by atoms with van der Waals surface area (Å²) in [5, 5.41) is 22.5. The minimum absolute atomic E-state index is 0.00374. The molecule has 0 radical (unpaired) electrons. The summed E-state index contributed by atoms with van der Waals surface area (Å²) in [6.07, 6.45) is 5.77. The number of carboxylic acids is 1. The van der Waals surface area contributed by atoms with Crippen LogP contribution in [0.3, 0.4) is 0 Å². The molecule has 1 aromatic rings. The van der Waals surface area contributed by atoms with Crippen LogP contribution in [0.4, 0.5) is 0 Å². The molecule has 4 rings (SSSR count). The predicted octanol–water partition coefficient (Wildman–Crippen LogP) is -6.82. The highest BCUT2D eigenvalue weighted by molar-refractivity contribution is 5.98. The molecule has 0 aromatic carbocycles. The van der Waals surface area contributed by atoms with Gasteiger partial charge in [0, 0.05) is 57.6 Å². The maximum absolute atomic E-state index is 14.6. The molecular weight excluding hydrogens is 957 g/mol. The lowest BCUT2D eigenvalue weighted by molar-refractivity contribution is -0.148. The van der Waals surface area contributed by atoms with E-state index in [2.05, 4.69) is 51.5 Å². The van der Waals surface area contributed by atoms with Crippen molar-refractivity contribution in [3.8, 4) is 0 Å². The number of aliphatic imine (C=N–C) groups is 3. The van der Waals surface area contributed by atoms with Gasteiger partial charge in [0.25, 0.3) is 0 Å². The van der Waals surface area contributed by atoms with Crippen molar-refractivity contribution in [2.45, 2.75) is 126 Å². The van der Waals surface area contributed by atoms with Crippen LogP contribution in [0.2, 0.25) is 0 Å². The molecule has 30 nitrogen and oxygen atoms in total. The van der Waals surface area contributed by atoms with E-state index in [9.17, 15) is 48.3 Å². The van der Waals surface area contributed by atoms with Crippen molar-refractivity contribution in [1.29, 1.82) is 0 Å². The molecule has 8 amide bonds. The Balaban J connectivity index is 1.47. The number of hydrogen-bond acceptors (Lipinski definition) is 14. The number of nitrogens with zero attached hydrogens (tertiary/aromatic N) is 7. The Labute approximate surface area is 421 Å². The first-order chi connectivity index (χ1) is 34.8. The number of likely N-dealkylation sites (tertiary alicyclic amines) is 3. The Morgan fingerprint density at radius 1 is 0.630 bits per heavy atom. The Bertz CT molecular complexity index is 2180. The highest BCUT2D eigenvalue weighted by Crippen LogP contribution is 2.27. The van der Waals surface area contributed by atoms with Gasteiger partial charge in [0.2, 0.25) is 47.3 Å². The molecule has 0 spiro atoms. The molecule has 21 N–H and O–H groups in total. The van der Waals surface area contributed by atoms with Crippen molar-refractivity contribution in [2.75, 3.05) is 52.4 Å². The van der Waals surface area contributed by atoms with Gasteiger partial charge in [0.05, 0.1) is 19.4 Å². The van der Waals surface area contributed by atoms with Crippen LogP contribution in [0.5, 0.6) is 0 Å². The average Bonchev–Trinajstić information content (AvgIpc) is 4.21. The zero-order valence-electron chi connectivity index (χ0n) is 40.8. The molecule has 3 aliphatic rings. The standard InChI is InChI=1S/C43H72N20O10/c44-20-32(64)58-28(19-24-21-51-23-56-24)38(70)61-16-4-10-29(61)36(68)60-26(8-2-14-53-42(47)48)37(69)63-18-6-12-31(63)39(71)62-17-5-11-30(62)35(67)59-25(7-1-13-52-41(45)46)34(66)55-22-33(65)57-27(40(72)73)9-3-15-54-43(49)50/h21,23,25-31H,1-20,22,44H2,(H,51,56)(H,55,66)(H,57,65)(H,58,64)(H,59,67)(H,60,68)(H,72,73)(H4,45,46,52)(H4,47,48,53)(H4,49,50,54)/t25-,26-,27-,28-,29-,30-,31-/m0/s1. The first-order valence-electron chi connectivity index (χ1n) is 24.3. The number of nitrogens with one attached hydrogen (secondary N) is 6. The van der Waals surface area contributed by atoms with Crippen LogP contribution >= 0.6 is 0 Å². The quantitative estimate of drug-likeness (QED) is 0.0211. The van der Waals surface area contributed by atoms with Crippen LogP contribution in [0.25, 0.3) is 0 Å². The molecule has 3 aliphatic heterocycles. The van der Waals surface area contributed by atoms with Crippen LogP contribution in [-0.2, 0) is 49.6 Å². The number of rotatable bonds is 28. The molecular formula is C43H72N20O10. The molecule has 3 saturated heterocycles. The van der Waals surface area contributed by atoms with Crippen molar-refractivity contribution in [3.63, 3.8) is 0 Å². The fourth-order valence-electron chi connectivity index (χ4n) is 8.92. The molecule has 7 atom stereocenters. The minimum Gasteiger partial charge on any atom is -0.480 e. The number of aromatic nitrogens is 2. The van der Waals surface area contributed by atoms with E-state index in [1.54, 1.807) is 0 Å². The van der Waals surface area contributed by atoms with Crippen LogP contribution in [-0.4, -0.2) is 196 Å². The second kappa shape index (κ2) is 28.9. The maximum atomic E-state index is 14.6. The number of imidazole rings is 1. The molecule has 0 bridgehead atoms. The first kappa shape index (κ1) is 57.8. The summed E-state index contributed by atoms with van der Waals surface area (Å²) in [4.78, 5) is 144. The Hall–Kier alpha value is -7.79. The number of aromatic amines is 1. The van der Waals surface area contributed by atoms with Gasteiger partial charge in [-0.05, 0) is 77.0 Å². The van der Waals surface area contributed by atoms with Crippen molar-refractivity contribution in [2.24, 2.45) is 55.1 Å². The third kappa shape index (κ3) is 18.1. The van der Waals surface area contributed by atoms with E-state index >= 15 is 0 Å².